The minimum Gasteiger partial charge on any atom is -0.396 e. The van der Waals surface area contributed by atoms with E-state index in [1.54, 1.807) is 0 Å². The highest BCUT2D eigenvalue weighted by atomic mass is 16.3. The van der Waals surface area contributed by atoms with Gasteiger partial charge >= 0.3 is 0 Å². The molecule has 60 valence electrons. The van der Waals surface area contributed by atoms with E-state index < -0.39 is 0 Å². The maximum atomic E-state index is 8.63. The van der Waals surface area contributed by atoms with Crippen LogP contribution in [0.2, 0.25) is 0 Å². The standard InChI is InChI=1S/C8H16O2/c1-7(2)3-4-8(5-9)6-10/h3-4,7-10H,5-6H2,1-2H3/b4-3+. The maximum absolute atomic E-state index is 8.63. The van der Waals surface area contributed by atoms with Gasteiger partial charge in [-0.25, -0.2) is 0 Å². The van der Waals surface area contributed by atoms with E-state index in [9.17, 15) is 0 Å². The van der Waals surface area contributed by atoms with Crippen molar-refractivity contribution in [2.45, 2.75) is 13.8 Å². The Bertz CT molecular complexity index is 93.4. The van der Waals surface area contributed by atoms with Crippen molar-refractivity contribution < 1.29 is 10.2 Å². The Morgan fingerprint density at radius 3 is 1.90 bits per heavy atom. The van der Waals surface area contributed by atoms with Gasteiger partial charge in [0.05, 0.1) is 13.2 Å². The van der Waals surface area contributed by atoms with Gasteiger partial charge in [-0.2, -0.15) is 0 Å². The molecule has 0 aliphatic heterocycles. The molecule has 0 aromatic carbocycles. The number of hydrogen-bond donors (Lipinski definition) is 2. The molecule has 0 rings (SSSR count). The Kier molecular flexibility index (Phi) is 5.26. The monoisotopic (exact) mass is 144 g/mol. The molecule has 0 saturated heterocycles. The first-order valence-electron chi connectivity index (χ1n) is 3.60. The Morgan fingerprint density at radius 1 is 1.10 bits per heavy atom. The van der Waals surface area contributed by atoms with Crippen LogP contribution < -0.4 is 0 Å². The summed E-state index contributed by atoms with van der Waals surface area (Å²) in [5.74, 6) is 0.406. The number of rotatable bonds is 4. The zero-order valence-corrected chi connectivity index (χ0v) is 6.62. The summed E-state index contributed by atoms with van der Waals surface area (Å²) < 4.78 is 0. The van der Waals surface area contributed by atoms with Crippen molar-refractivity contribution in [2.24, 2.45) is 11.8 Å². The van der Waals surface area contributed by atoms with Crippen molar-refractivity contribution in [1.29, 1.82) is 0 Å². The van der Waals surface area contributed by atoms with Crippen molar-refractivity contribution in [2.75, 3.05) is 13.2 Å². The maximum Gasteiger partial charge on any atom is 0.0515 e. The molecule has 0 aliphatic rings. The zero-order chi connectivity index (χ0) is 7.98. The van der Waals surface area contributed by atoms with Crippen LogP contribution in [0.5, 0.6) is 0 Å². The van der Waals surface area contributed by atoms with Crippen LogP contribution in [0.25, 0.3) is 0 Å². The summed E-state index contributed by atoms with van der Waals surface area (Å²) in [5.41, 5.74) is 0. The van der Waals surface area contributed by atoms with Crippen molar-refractivity contribution in [1.82, 2.24) is 0 Å². The molecule has 0 unspecified atom stereocenters. The van der Waals surface area contributed by atoms with Gasteiger partial charge in [-0.1, -0.05) is 26.0 Å². The van der Waals surface area contributed by atoms with Gasteiger partial charge in [0.1, 0.15) is 0 Å². The first-order valence-corrected chi connectivity index (χ1v) is 3.60. The van der Waals surface area contributed by atoms with Crippen LogP contribution in [0.3, 0.4) is 0 Å². The van der Waals surface area contributed by atoms with Crippen LogP contribution in [0.4, 0.5) is 0 Å². The molecule has 10 heavy (non-hydrogen) atoms. The molecule has 0 aromatic heterocycles. The lowest BCUT2D eigenvalue weighted by atomic mass is 10.1. The number of hydrogen-bond acceptors (Lipinski definition) is 2. The molecule has 0 spiro atoms. The Labute approximate surface area is 62.2 Å². The summed E-state index contributed by atoms with van der Waals surface area (Å²) in [6.45, 7) is 4.17. The lowest BCUT2D eigenvalue weighted by molar-refractivity contribution is 0.177. The van der Waals surface area contributed by atoms with Crippen LogP contribution in [-0.4, -0.2) is 23.4 Å². The molecule has 0 fully saturated rings. The van der Waals surface area contributed by atoms with Gasteiger partial charge in [0.2, 0.25) is 0 Å². The molecule has 2 nitrogen and oxygen atoms in total. The fourth-order valence-electron chi connectivity index (χ4n) is 0.559. The third kappa shape index (κ3) is 4.53. The normalized spacial score (nSPS) is 12.2. The predicted octanol–water partition coefficient (Wildman–Crippen LogP) is 0.799. The van der Waals surface area contributed by atoms with Crippen molar-refractivity contribution in [3.05, 3.63) is 12.2 Å². The average Bonchev–Trinajstić information content (AvgIpc) is 1.90. The molecule has 0 atom stereocenters. The molecule has 2 heteroatoms. The van der Waals surface area contributed by atoms with Gasteiger partial charge in [-0.15, -0.1) is 0 Å². The topological polar surface area (TPSA) is 40.5 Å². The molecular weight excluding hydrogens is 128 g/mol. The van der Waals surface area contributed by atoms with Gasteiger partial charge in [-0.3, -0.25) is 0 Å². The summed E-state index contributed by atoms with van der Waals surface area (Å²) in [6, 6.07) is 0. The van der Waals surface area contributed by atoms with E-state index in [1.807, 2.05) is 12.2 Å². The predicted molar refractivity (Wildman–Crippen MR) is 41.6 cm³/mol. The van der Waals surface area contributed by atoms with Gasteiger partial charge in [0.15, 0.2) is 0 Å². The van der Waals surface area contributed by atoms with Crippen LogP contribution >= 0.6 is 0 Å². The summed E-state index contributed by atoms with van der Waals surface area (Å²) >= 11 is 0. The smallest absolute Gasteiger partial charge is 0.0515 e. The Morgan fingerprint density at radius 2 is 1.60 bits per heavy atom. The van der Waals surface area contributed by atoms with E-state index in [2.05, 4.69) is 13.8 Å². The highest BCUT2D eigenvalue weighted by molar-refractivity contribution is 4.89. The lowest BCUT2D eigenvalue weighted by Crippen LogP contribution is -2.07. The van der Waals surface area contributed by atoms with E-state index >= 15 is 0 Å². The highest BCUT2D eigenvalue weighted by Crippen LogP contribution is 2.00. The molecule has 0 radical (unpaired) electrons. The summed E-state index contributed by atoms with van der Waals surface area (Å²) in [5, 5.41) is 17.3. The van der Waals surface area contributed by atoms with Crippen LogP contribution in [0.15, 0.2) is 12.2 Å². The molecule has 0 saturated carbocycles. The van der Waals surface area contributed by atoms with E-state index in [4.69, 9.17) is 10.2 Å². The largest absolute Gasteiger partial charge is 0.396 e. The molecule has 0 bridgehead atoms. The molecule has 0 heterocycles. The van der Waals surface area contributed by atoms with Crippen molar-refractivity contribution >= 4 is 0 Å². The summed E-state index contributed by atoms with van der Waals surface area (Å²) in [4.78, 5) is 0. The average molecular weight is 144 g/mol. The highest BCUT2D eigenvalue weighted by Gasteiger charge is 1.98. The van der Waals surface area contributed by atoms with Crippen molar-refractivity contribution in [3.63, 3.8) is 0 Å². The number of aliphatic hydroxyl groups excluding tert-OH is 2. The first-order chi connectivity index (χ1) is 4.70. The lowest BCUT2D eigenvalue weighted by Gasteiger charge is -2.03. The van der Waals surface area contributed by atoms with Gasteiger partial charge in [0, 0.05) is 5.92 Å². The van der Waals surface area contributed by atoms with E-state index in [-0.39, 0.29) is 19.1 Å². The van der Waals surface area contributed by atoms with Gasteiger partial charge in [-0.05, 0) is 5.92 Å². The first kappa shape index (κ1) is 9.66. The molecule has 0 aromatic rings. The van der Waals surface area contributed by atoms with Crippen LogP contribution in [-0.2, 0) is 0 Å². The van der Waals surface area contributed by atoms with Crippen LogP contribution in [0, 0.1) is 11.8 Å². The van der Waals surface area contributed by atoms with E-state index in [0.29, 0.717) is 5.92 Å². The summed E-state index contributed by atoms with van der Waals surface area (Å²) in [6.07, 6.45) is 3.84. The Balaban J connectivity index is 3.61. The van der Waals surface area contributed by atoms with E-state index in [1.165, 1.54) is 0 Å². The Hall–Kier alpha value is -0.340. The minimum absolute atomic E-state index is 0.0275. The molecule has 0 amide bonds. The molecular formula is C8H16O2. The number of aliphatic hydroxyl groups is 2. The van der Waals surface area contributed by atoms with Crippen molar-refractivity contribution in [3.8, 4) is 0 Å². The SMILES string of the molecule is CC(C)/C=C/C(CO)CO. The van der Waals surface area contributed by atoms with Gasteiger partial charge < -0.3 is 10.2 Å². The quantitative estimate of drug-likeness (QED) is 0.573. The second kappa shape index (κ2) is 5.45. The third-order valence-corrected chi connectivity index (χ3v) is 1.24. The van der Waals surface area contributed by atoms with Crippen LogP contribution in [0.1, 0.15) is 13.8 Å². The van der Waals surface area contributed by atoms with Gasteiger partial charge in [0.25, 0.3) is 0 Å². The second-order valence-corrected chi connectivity index (χ2v) is 2.75. The van der Waals surface area contributed by atoms with E-state index in [0.717, 1.165) is 0 Å². The molecule has 2 N–H and O–H groups in total. The minimum atomic E-state index is -0.0811. The third-order valence-electron chi connectivity index (χ3n) is 1.24. The molecule has 0 aliphatic carbocycles. The number of allylic oxidation sites excluding steroid dienone is 1. The fraction of sp³-hybridized carbons (Fsp3) is 0.750. The second-order valence-electron chi connectivity index (χ2n) is 2.75. The zero-order valence-electron chi connectivity index (χ0n) is 6.62. The summed E-state index contributed by atoms with van der Waals surface area (Å²) in [7, 11) is 0. The fourth-order valence-corrected chi connectivity index (χ4v) is 0.559.